The molecule has 0 saturated carbocycles. The number of rotatable bonds is 0. The van der Waals surface area contributed by atoms with E-state index in [1.54, 1.807) is 23.1 Å². The predicted octanol–water partition coefficient (Wildman–Crippen LogP) is 2.98. The van der Waals surface area contributed by atoms with Crippen molar-refractivity contribution in [2.45, 2.75) is 57.3 Å². The quantitative estimate of drug-likeness (QED) is 0.762. The lowest BCUT2D eigenvalue weighted by atomic mass is 9.81. The summed E-state index contributed by atoms with van der Waals surface area (Å²) in [7, 11) is 0. The van der Waals surface area contributed by atoms with Gasteiger partial charge in [0.05, 0.1) is 11.7 Å². The Morgan fingerprint density at radius 2 is 2.00 bits per heavy atom. The molecule has 0 radical (unpaired) electrons. The summed E-state index contributed by atoms with van der Waals surface area (Å²) in [6.45, 7) is 6.59. The fourth-order valence-corrected chi connectivity index (χ4v) is 3.42. The molecule has 3 rings (SSSR count). The molecule has 1 spiro atoms. The third-order valence-corrected chi connectivity index (χ3v) is 4.59. The van der Waals surface area contributed by atoms with Crippen LogP contribution >= 0.6 is 0 Å². The molecule has 132 valence electrons. The summed E-state index contributed by atoms with van der Waals surface area (Å²) in [6.07, 6.45) is 0.589. The van der Waals surface area contributed by atoms with Crippen molar-refractivity contribution in [1.82, 2.24) is 4.90 Å². The van der Waals surface area contributed by atoms with Crippen molar-refractivity contribution in [2.24, 2.45) is 0 Å². The number of hydrogen-bond acceptors (Lipinski definition) is 5. The first kappa shape index (κ1) is 16.9. The molecule has 0 aliphatic carbocycles. The summed E-state index contributed by atoms with van der Waals surface area (Å²) in [4.78, 5) is 13.9. The maximum atomic E-state index is 12.2. The summed E-state index contributed by atoms with van der Waals surface area (Å²) in [6, 6.07) is 5.02. The number of hydrogen-bond donors (Lipinski definition) is 2. The summed E-state index contributed by atoms with van der Waals surface area (Å²) < 4.78 is 11.6. The van der Waals surface area contributed by atoms with E-state index in [0.717, 1.165) is 0 Å². The molecule has 2 heterocycles. The van der Waals surface area contributed by atoms with Gasteiger partial charge in [0, 0.05) is 32.4 Å². The van der Waals surface area contributed by atoms with Crippen molar-refractivity contribution < 1.29 is 24.5 Å². The Morgan fingerprint density at radius 1 is 1.33 bits per heavy atom. The van der Waals surface area contributed by atoms with Crippen molar-refractivity contribution in [3.8, 4) is 11.5 Å². The van der Waals surface area contributed by atoms with Gasteiger partial charge >= 0.3 is 6.09 Å². The first-order chi connectivity index (χ1) is 11.2. The average molecular weight is 335 g/mol. The van der Waals surface area contributed by atoms with Crippen LogP contribution in [0.4, 0.5) is 4.79 Å². The maximum Gasteiger partial charge on any atom is 0.410 e. The van der Waals surface area contributed by atoms with Crippen LogP contribution in [0.5, 0.6) is 11.5 Å². The second-order valence-corrected chi connectivity index (χ2v) is 7.66. The van der Waals surface area contributed by atoms with E-state index in [0.29, 0.717) is 43.7 Å². The van der Waals surface area contributed by atoms with Gasteiger partial charge < -0.3 is 24.6 Å². The van der Waals surface area contributed by atoms with Crippen LogP contribution in [0.1, 0.15) is 51.7 Å². The molecular formula is C18H25NO5. The third-order valence-electron chi connectivity index (χ3n) is 4.59. The number of phenolic OH excluding ortho intramolecular Hbond substituents is 1. The van der Waals surface area contributed by atoms with Crippen LogP contribution in [0.25, 0.3) is 0 Å². The minimum Gasteiger partial charge on any atom is -0.507 e. The number of ether oxygens (including phenoxy) is 2. The van der Waals surface area contributed by atoms with E-state index in [1.165, 1.54) is 0 Å². The molecule has 2 aliphatic rings. The smallest absolute Gasteiger partial charge is 0.410 e. The Morgan fingerprint density at radius 3 is 2.62 bits per heavy atom. The zero-order valence-corrected chi connectivity index (χ0v) is 14.4. The molecule has 1 unspecified atom stereocenters. The topological polar surface area (TPSA) is 79.2 Å². The number of amides is 1. The zero-order valence-electron chi connectivity index (χ0n) is 14.4. The molecule has 2 aliphatic heterocycles. The van der Waals surface area contributed by atoms with Crippen LogP contribution in [-0.4, -0.2) is 45.5 Å². The van der Waals surface area contributed by atoms with Gasteiger partial charge in [0.2, 0.25) is 0 Å². The molecule has 0 aromatic heterocycles. The van der Waals surface area contributed by atoms with Crippen LogP contribution < -0.4 is 4.74 Å². The lowest BCUT2D eigenvalue weighted by Crippen LogP contribution is -2.52. The SMILES string of the molecule is CC(C)(C)OC(=O)N1CCC2(CC1)CC(O)c1c(O)cccc1O2. The monoisotopic (exact) mass is 335 g/mol. The van der Waals surface area contributed by atoms with Crippen LogP contribution in [-0.2, 0) is 4.74 Å². The molecule has 1 amide bonds. The Labute approximate surface area is 142 Å². The van der Waals surface area contributed by atoms with Gasteiger partial charge in [-0.25, -0.2) is 4.79 Å². The van der Waals surface area contributed by atoms with Crippen LogP contribution in [0.2, 0.25) is 0 Å². The number of aliphatic hydroxyl groups excluding tert-OH is 1. The van der Waals surface area contributed by atoms with Gasteiger partial charge in [0.1, 0.15) is 22.7 Å². The zero-order chi connectivity index (χ0) is 17.5. The second kappa shape index (κ2) is 5.84. The average Bonchev–Trinajstić information content (AvgIpc) is 2.45. The standard InChI is InChI=1S/C18H25NO5/c1-17(2,3)24-16(22)19-9-7-18(8-10-19)11-13(21)15-12(20)5-4-6-14(15)23-18/h4-6,13,20-21H,7-11H2,1-3H3. The van der Waals surface area contributed by atoms with Gasteiger partial charge in [-0.15, -0.1) is 0 Å². The molecule has 6 heteroatoms. The number of benzene rings is 1. The van der Waals surface area contributed by atoms with Gasteiger partial charge in [-0.05, 0) is 32.9 Å². The summed E-state index contributed by atoms with van der Waals surface area (Å²) in [5, 5.41) is 20.4. The Hall–Kier alpha value is -1.95. The number of likely N-dealkylation sites (tertiary alicyclic amines) is 1. The predicted molar refractivity (Wildman–Crippen MR) is 88.1 cm³/mol. The molecule has 1 atom stereocenters. The molecular weight excluding hydrogens is 310 g/mol. The fraction of sp³-hybridized carbons (Fsp3) is 0.611. The molecule has 1 fully saturated rings. The molecule has 0 bridgehead atoms. The lowest BCUT2D eigenvalue weighted by molar-refractivity contribution is -0.0575. The van der Waals surface area contributed by atoms with Crippen molar-refractivity contribution in [3.05, 3.63) is 23.8 Å². The van der Waals surface area contributed by atoms with E-state index in [1.807, 2.05) is 20.8 Å². The number of fused-ring (bicyclic) bond motifs is 1. The number of aliphatic hydroxyl groups is 1. The molecule has 1 saturated heterocycles. The van der Waals surface area contributed by atoms with E-state index in [2.05, 4.69) is 0 Å². The van der Waals surface area contributed by atoms with Crippen LogP contribution in [0.15, 0.2) is 18.2 Å². The van der Waals surface area contributed by atoms with Crippen molar-refractivity contribution in [3.63, 3.8) is 0 Å². The second-order valence-electron chi connectivity index (χ2n) is 7.66. The molecule has 6 nitrogen and oxygen atoms in total. The van der Waals surface area contributed by atoms with E-state index < -0.39 is 17.3 Å². The molecule has 2 N–H and O–H groups in total. The maximum absolute atomic E-state index is 12.2. The number of carbonyl (C=O) groups is 1. The van der Waals surface area contributed by atoms with E-state index >= 15 is 0 Å². The Balaban J connectivity index is 1.69. The normalized spacial score (nSPS) is 22.7. The largest absolute Gasteiger partial charge is 0.507 e. The highest BCUT2D eigenvalue weighted by Gasteiger charge is 2.44. The van der Waals surface area contributed by atoms with E-state index in [-0.39, 0.29) is 11.8 Å². The highest BCUT2D eigenvalue weighted by atomic mass is 16.6. The van der Waals surface area contributed by atoms with Gasteiger partial charge in [-0.3, -0.25) is 0 Å². The van der Waals surface area contributed by atoms with Crippen LogP contribution in [0, 0.1) is 0 Å². The van der Waals surface area contributed by atoms with Gasteiger partial charge in [-0.2, -0.15) is 0 Å². The van der Waals surface area contributed by atoms with Gasteiger partial charge in [0.25, 0.3) is 0 Å². The first-order valence-electron chi connectivity index (χ1n) is 8.36. The van der Waals surface area contributed by atoms with Crippen LogP contribution in [0.3, 0.4) is 0 Å². The summed E-state index contributed by atoms with van der Waals surface area (Å²) >= 11 is 0. The van der Waals surface area contributed by atoms with Gasteiger partial charge in [0.15, 0.2) is 0 Å². The molecule has 24 heavy (non-hydrogen) atoms. The Bertz CT molecular complexity index is 629. The third kappa shape index (κ3) is 3.29. The van der Waals surface area contributed by atoms with E-state index in [4.69, 9.17) is 9.47 Å². The summed E-state index contributed by atoms with van der Waals surface area (Å²) in [5.74, 6) is 0.584. The Kier molecular flexibility index (Phi) is 4.11. The first-order valence-corrected chi connectivity index (χ1v) is 8.36. The molecule has 1 aromatic carbocycles. The number of phenols is 1. The summed E-state index contributed by atoms with van der Waals surface area (Å²) in [5.41, 5.74) is -0.559. The highest BCUT2D eigenvalue weighted by Crippen LogP contribution is 2.47. The number of carbonyl (C=O) groups excluding carboxylic acids is 1. The number of piperidine rings is 1. The minimum absolute atomic E-state index is 0.0565. The highest BCUT2D eigenvalue weighted by molar-refractivity contribution is 5.68. The number of aromatic hydroxyl groups is 1. The van der Waals surface area contributed by atoms with Crippen molar-refractivity contribution in [2.75, 3.05) is 13.1 Å². The number of nitrogens with zero attached hydrogens (tertiary/aromatic N) is 1. The van der Waals surface area contributed by atoms with Crippen molar-refractivity contribution >= 4 is 6.09 Å². The molecule has 1 aromatic rings. The minimum atomic E-state index is -0.761. The van der Waals surface area contributed by atoms with Gasteiger partial charge in [-0.1, -0.05) is 6.07 Å². The van der Waals surface area contributed by atoms with Crippen molar-refractivity contribution in [1.29, 1.82) is 0 Å². The van der Waals surface area contributed by atoms with E-state index in [9.17, 15) is 15.0 Å². The lowest BCUT2D eigenvalue weighted by Gasteiger charge is -2.45. The fourth-order valence-electron chi connectivity index (χ4n) is 3.42.